The summed E-state index contributed by atoms with van der Waals surface area (Å²) in [7, 11) is 0. The van der Waals surface area contributed by atoms with E-state index in [4.69, 9.17) is 23.2 Å². The number of hydrogen-bond donors (Lipinski definition) is 1. The van der Waals surface area contributed by atoms with Crippen LogP contribution in [0.5, 0.6) is 0 Å². The SMILES string of the molecule is O=C1NC(=Nc2ccc(Cl)c(Cl)c2)SC1=Cc1cccs1. The molecular weight excluding hydrogens is 347 g/mol. The van der Waals surface area contributed by atoms with Gasteiger partial charge in [0.25, 0.3) is 5.91 Å². The van der Waals surface area contributed by atoms with E-state index in [1.165, 1.54) is 11.8 Å². The van der Waals surface area contributed by atoms with E-state index in [1.54, 1.807) is 29.5 Å². The van der Waals surface area contributed by atoms with Crippen LogP contribution in [0.2, 0.25) is 10.0 Å². The Hall–Kier alpha value is -1.27. The number of halogens is 2. The summed E-state index contributed by atoms with van der Waals surface area (Å²) in [6, 6.07) is 8.98. The number of benzene rings is 1. The summed E-state index contributed by atoms with van der Waals surface area (Å²) in [5.41, 5.74) is 0.643. The van der Waals surface area contributed by atoms with Gasteiger partial charge in [-0.3, -0.25) is 4.79 Å². The molecule has 1 aliphatic heterocycles. The molecule has 7 heteroatoms. The predicted octanol–water partition coefficient (Wildman–Crippen LogP) is 4.95. The van der Waals surface area contributed by atoms with Crippen LogP contribution in [0.25, 0.3) is 6.08 Å². The monoisotopic (exact) mass is 354 g/mol. The van der Waals surface area contributed by atoms with Crippen LogP contribution >= 0.6 is 46.3 Å². The first-order chi connectivity index (χ1) is 10.1. The molecule has 3 rings (SSSR count). The van der Waals surface area contributed by atoms with Crippen molar-refractivity contribution in [2.75, 3.05) is 0 Å². The second-order valence-corrected chi connectivity index (χ2v) is 6.92. The average molecular weight is 355 g/mol. The predicted molar refractivity (Wildman–Crippen MR) is 91.6 cm³/mol. The molecule has 21 heavy (non-hydrogen) atoms. The highest BCUT2D eigenvalue weighted by Crippen LogP contribution is 2.31. The Balaban J connectivity index is 1.83. The Morgan fingerprint density at radius 2 is 2.05 bits per heavy atom. The Morgan fingerprint density at radius 1 is 1.19 bits per heavy atom. The summed E-state index contributed by atoms with van der Waals surface area (Å²) in [5.74, 6) is -0.146. The van der Waals surface area contributed by atoms with Gasteiger partial charge in [-0.05, 0) is 47.5 Å². The normalized spacial score (nSPS) is 18.5. The molecule has 106 valence electrons. The Morgan fingerprint density at radius 3 is 2.76 bits per heavy atom. The largest absolute Gasteiger partial charge is 0.300 e. The molecule has 1 amide bonds. The van der Waals surface area contributed by atoms with Crippen LogP contribution in [-0.4, -0.2) is 11.1 Å². The van der Waals surface area contributed by atoms with Gasteiger partial charge in [0.2, 0.25) is 0 Å². The van der Waals surface area contributed by atoms with E-state index in [-0.39, 0.29) is 5.91 Å². The summed E-state index contributed by atoms with van der Waals surface area (Å²) < 4.78 is 0. The molecule has 0 unspecified atom stereocenters. The van der Waals surface area contributed by atoms with E-state index in [0.717, 1.165) is 4.88 Å². The molecule has 1 fully saturated rings. The number of nitrogens with zero attached hydrogens (tertiary/aromatic N) is 1. The van der Waals surface area contributed by atoms with Crippen LogP contribution in [0, 0.1) is 0 Å². The topological polar surface area (TPSA) is 41.5 Å². The number of thioether (sulfide) groups is 1. The van der Waals surface area contributed by atoms with E-state index < -0.39 is 0 Å². The van der Waals surface area contributed by atoms with Gasteiger partial charge in [-0.15, -0.1) is 11.3 Å². The molecule has 0 atom stereocenters. The molecule has 2 heterocycles. The molecule has 2 aromatic rings. The highest BCUT2D eigenvalue weighted by atomic mass is 35.5. The third kappa shape index (κ3) is 3.49. The van der Waals surface area contributed by atoms with Crippen LogP contribution in [0.15, 0.2) is 45.6 Å². The number of nitrogens with one attached hydrogen (secondary N) is 1. The van der Waals surface area contributed by atoms with Gasteiger partial charge in [0.05, 0.1) is 20.6 Å². The molecule has 3 nitrogen and oxygen atoms in total. The fourth-order valence-electron chi connectivity index (χ4n) is 1.65. The minimum absolute atomic E-state index is 0.146. The van der Waals surface area contributed by atoms with Crippen molar-refractivity contribution in [1.29, 1.82) is 0 Å². The smallest absolute Gasteiger partial charge is 0.264 e. The second-order valence-electron chi connectivity index (χ2n) is 4.10. The van der Waals surface area contributed by atoms with E-state index in [0.29, 0.717) is 25.8 Å². The van der Waals surface area contributed by atoms with E-state index in [2.05, 4.69) is 10.3 Å². The number of thiophene rings is 1. The van der Waals surface area contributed by atoms with Crippen molar-refractivity contribution in [2.45, 2.75) is 0 Å². The van der Waals surface area contributed by atoms with Gasteiger partial charge in [0, 0.05) is 4.88 Å². The summed E-state index contributed by atoms with van der Waals surface area (Å²) in [4.78, 5) is 17.9. The fraction of sp³-hybridized carbons (Fsp3) is 0. The summed E-state index contributed by atoms with van der Waals surface area (Å²) in [5, 5.41) is 6.14. The van der Waals surface area contributed by atoms with Gasteiger partial charge in [0.1, 0.15) is 0 Å². The number of carbonyl (C=O) groups is 1. The highest BCUT2D eigenvalue weighted by molar-refractivity contribution is 8.18. The Labute approximate surface area is 139 Å². The standard InChI is InChI=1S/C14H8Cl2N2OS2/c15-10-4-3-8(6-11(10)16)17-14-18-13(19)12(21-14)7-9-2-1-5-20-9/h1-7H,(H,17,18,19). The lowest BCUT2D eigenvalue weighted by atomic mass is 10.3. The van der Waals surface area contributed by atoms with Gasteiger partial charge in [-0.2, -0.15) is 0 Å². The maximum atomic E-state index is 11.9. The van der Waals surface area contributed by atoms with Crippen molar-refractivity contribution >= 4 is 69.1 Å². The molecule has 0 radical (unpaired) electrons. The number of carbonyl (C=O) groups excluding carboxylic acids is 1. The lowest BCUT2D eigenvalue weighted by molar-refractivity contribution is -0.115. The molecule has 0 aliphatic carbocycles. The van der Waals surface area contributed by atoms with Gasteiger partial charge >= 0.3 is 0 Å². The van der Waals surface area contributed by atoms with Crippen molar-refractivity contribution in [3.8, 4) is 0 Å². The minimum Gasteiger partial charge on any atom is -0.300 e. The lowest BCUT2D eigenvalue weighted by Gasteiger charge is -1.98. The fourth-order valence-corrected chi connectivity index (χ4v) is 3.51. The van der Waals surface area contributed by atoms with Gasteiger partial charge in [-0.1, -0.05) is 29.3 Å². The first-order valence-electron chi connectivity index (χ1n) is 5.90. The molecule has 0 spiro atoms. The van der Waals surface area contributed by atoms with E-state index in [1.807, 2.05) is 23.6 Å². The lowest BCUT2D eigenvalue weighted by Crippen LogP contribution is -2.19. The van der Waals surface area contributed by atoms with Crippen LogP contribution in [-0.2, 0) is 4.79 Å². The van der Waals surface area contributed by atoms with Crippen molar-refractivity contribution in [3.05, 3.63) is 55.5 Å². The highest BCUT2D eigenvalue weighted by Gasteiger charge is 2.23. The molecule has 0 bridgehead atoms. The number of amidine groups is 1. The summed E-state index contributed by atoms with van der Waals surface area (Å²) >= 11 is 14.7. The maximum Gasteiger partial charge on any atom is 0.264 e. The van der Waals surface area contributed by atoms with E-state index >= 15 is 0 Å². The number of amides is 1. The minimum atomic E-state index is -0.146. The molecule has 1 aromatic carbocycles. The molecule has 1 aromatic heterocycles. The van der Waals surface area contributed by atoms with Gasteiger partial charge in [-0.25, -0.2) is 4.99 Å². The third-order valence-corrected chi connectivity index (χ3v) is 5.07. The average Bonchev–Trinajstić information content (AvgIpc) is 3.06. The first kappa shape index (κ1) is 14.7. The van der Waals surface area contributed by atoms with Crippen molar-refractivity contribution in [1.82, 2.24) is 5.32 Å². The Bertz CT molecular complexity index is 754. The van der Waals surface area contributed by atoms with Crippen molar-refractivity contribution < 1.29 is 4.79 Å². The molecular formula is C14H8Cl2N2OS2. The number of hydrogen-bond acceptors (Lipinski definition) is 4. The zero-order chi connectivity index (χ0) is 14.8. The zero-order valence-electron chi connectivity index (χ0n) is 10.5. The maximum absolute atomic E-state index is 11.9. The van der Waals surface area contributed by atoms with Gasteiger partial charge < -0.3 is 5.32 Å². The van der Waals surface area contributed by atoms with Crippen LogP contribution < -0.4 is 5.32 Å². The quantitative estimate of drug-likeness (QED) is 0.775. The second kappa shape index (κ2) is 6.23. The van der Waals surface area contributed by atoms with Gasteiger partial charge in [0.15, 0.2) is 5.17 Å². The Kier molecular flexibility index (Phi) is 4.35. The van der Waals surface area contributed by atoms with Crippen molar-refractivity contribution in [3.63, 3.8) is 0 Å². The summed E-state index contributed by atoms with van der Waals surface area (Å²) in [6.45, 7) is 0. The van der Waals surface area contributed by atoms with Crippen LogP contribution in [0.1, 0.15) is 4.88 Å². The van der Waals surface area contributed by atoms with Crippen LogP contribution in [0.4, 0.5) is 5.69 Å². The first-order valence-corrected chi connectivity index (χ1v) is 8.35. The molecule has 1 aliphatic rings. The molecule has 0 saturated carbocycles. The molecule has 1 N–H and O–H groups in total. The number of rotatable bonds is 2. The van der Waals surface area contributed by atoms with Crippen LogP contribution in [0.3, 0.4) is 0 Å². The number of aliphatic imine (C=N–C) groups is 1. The summed E-state index contributed by atoms with van der Waals surface area (Å²) in [6.07, 6.45) is 1.85. The molecule has 1 saturated heterocycles. The van der Waals surface area contributed by atoms with Crippen molar-refractivity contribution in [2.24, 2.45) is 4.99 Å². The zero-order valence-corrected chi connectivity index (χ0v) is 13.6. The third-order valence-electron chi connectivity index (χ3n) is 2.60. The van der Waals surface area contributed by atoms with E-state index in [9.17, 15) is 4.79 Å².